The van der Waals surface area contributed by atoms with E-state index in [0.717, 1.165) is 17.6 Å². The van der Waals surface area contributed by atoms with Crippen LogP contribution in [0, 0.1) is 12.7 Å². The predicted octanol–water partition coefficient (Wildman–Crippen LogP) is 2.04. The Morgan fingerprint density at radius 2 is 2.15 bits per heavy atom. The number of nitrogen functional groups attached to an aromatic ring is 1. The van der Waals surface area contributed by atoms with E-state index in [9.17, 15) is 4.39 Å². The highest BCUT2D eigenvalue weighted by molar-refractivity contribution is 5.79. The summed E-state index contributed by atoms with van der Waals surface area (Å²) in [6.45, 7) is 2.43. The smallest absolute Gasteiger partial charge is 0.201 e. The molecule has 3 aromatic rings. The van der Waals surface area contributed by atoms with Crippen LogP contribution < -0.4 is 5.73 Å². The first-order chi connectivity index (χ1) is 9.56. The zero-order valence-corrected chi connectivity index (χ0v) is 11.5. The van der Waals surface area contributed by atoms with Crippen molar-refractivity contribution in [2.24, 2.45) is 7.05 Å². The Labute approximate surface area is 115 Å². The van der Waals surface area contributed by atoms with E-state index in [0.29, 0.717) is 23.6 Å². The van der Waals surface area contributed by atoms with Crippen molar-refractivity contribution < 1.29 is 4.39 Å². The lowest BCUT2D eigenvalue weighted by Gasteiger charge is -2.07. The average molecular weight is 273 g/mol. The van der Waals surface area contributed by atoms with Gasteiger partial charge >= 0.3 is 0 Å². The summed E-state index contributed by atoms with van der Waals surface area (Å²) in [5.41, 5.74) is 9.11. The van der Waals surface area contributed by atoms with Gasteiger partial charge in [0.15, 0.2) is 0 Å². The third-order valence-electron chi connectivity index (χ3n) is 3.57. The standard InChI is InChI=1S/C14H16FN5/c1-9-7-13-12(8-11(9)15)18-14(16)20(13)6-4-10-3-5-17-19(10)2/h3,5,7-8H,4,6H2,1-2H3,(H2,16,18). The Morgan fingerprint density at radius 3 is 2.85 bits per heavy atom. The number of benzene rings is 1. The maximum absolute atomic E-state index is 13.5. The number of rotatable bonds is 3. The van der Waals surface area contributed by atoms with Crippen LogP contribution in [0.2, 0.25) is 0 Å². The summed E-state index contributed by atoms with van der Waals surface area (Å²) in [4.78, 5) is 4.22. The van der Waals surface area contributed by atoms with Gasteiger partial charge < -0.3 is 10.3 Å². The summed E-state index contributed by atoms with van der Waals surface area (Å²) in [5.74, 6) is 0.154. The molecule has 0 spiro atoms. The minimum absolute atomic E-state index is 0.256. The van der Waals surface area contributed by atoms with Crippen LogP contribution in [-0.4, -0.2) is 19.3 Å². The number of anilines is 1. The number of nitrogens with two attached hydrogens (primary N) is 1. The van der Waals surface area contributed by atoms with Crippen molar-refractivity contribution in [1.29, 1.82) is 0 Å². The molecule has 0 aliphatic heterocycles. The molecule has 20 heavy (non-hydrogen) atoms. The maximum Gasteiger partial charge on any atom is 0.201 e. The van der Waals surface area contributed by atoms with Gasteiger partial charge in [0.2, 0.25) is 5.95 Å². The molecule has 2 aromatic heterocycles. The van der Waals surface area contributed by atoms with Crippen molar-refractivity contribution in [2.75, 3.05) is 5.73 Å². The number of hydrogen-bond acceptors (Lipinski definition) is 3. The highest BCUT2D eigenvalue weighted by Gasteiger charge is 2.11. The van der Waals surface area contributed by atoms with Crippen molar-refractivity contribution >= 4 is 17.0 Å². The SMILES string of the molecule is Cc1cc2c(cc1F)nc(N)n2CCc1ccnn1C. The lowest BCUT2D eigenvalue weighted by molar-refractivity contribution is 0.619. The van der Waals surface area contributed by atoms with Gasteiger partial charge in [0, 0.05) is 38.0 Å². The fraction of sp³-hybridized carbons (Fsp3) is 0.286. The largest absolute Gasteiger partial charge is 0.369 e. The third kappa shape index (κ3) is 2.03. The summed E-state index contributed by atoms with van der Waals surface area (Å²) >= 11 is 0. The zero-order chi connectivity index (χ0) is 14.3. The minimum Gasteiger partial charge on any atom is -0.369 e. The molecule has 0 radical (unpaired) electrons. The summed E-state index contributed by atoms with van der Waals surface area (Å²) in [7, 11) is 1.91. The molecule has 0 bridgehead atoms. The van der Waals surface area contributed by atoms with Gasteiger partial charge in [-0.05, 0) is 24.6 Å². The molecule has 6 heteroatoms. The van der Waals surface area contributed by atoms with E-state index in [-0.39, 0.29) is 5.82 Å². The van der Waals surface area contributed by atoms with Crippen molar-refractivity contribution in [1.82, 2.24) is 19.3 Å². The second-order valence-corrected chi connectivity index (χ2v) is 4.91. The van der Waals surface area contributed by atoms with Gasteiger partial charge in [-0.15, -0.1) is 0 Å². The monoisotopic (exact) mass is 273 g/mol. The first-order valence-corrected chi connectivity index (χ1v) is 6.45. The van der Waals surface area contributed by atoms with Crippen molar-refractivity contribution in [3.63, 3.8) is 0 Å². The normalized spacial score (nSPS) is 11.3. The van der Waals surface area contributed by atoms with Crippen LogP contribution in [-0.2, 0) is 20.0 Å². The first kappa shape index (κ1) is 12.7. The number of aromatic nitrogens is 4. The van der Waals surface area contributed by atoms with Crippen LogP contribution in [0.25, 0.3) is 11.0 Å². The number of fused-ring (bicyclic) bond motifs is 1. The average Bonchev–Trinajstić information content (AvgIpc) is 2.92. The van der Waals surface area contributed by atoms with Gasteiger partial charge in [-0.2, -0.15) is 5.10 Å². The molecule has 0 aliphatic rings. The molecule has 1 aromatic carbocycles. The van der Waals surface area contributed by atoms with Gasteiger partial charge in [0.25, 0.3) is 0 Å². The van der Waals surface area contributed by atoms with Gasteiger partial charge in [0.05, 0.1) is 11.0 Å². The van der Waals surface area contributed by atoms with E-state index < -0.39 is 0 Å². The van der Waals surface area contributed by atoms with Crippen LogP contribution in [0.3, 0.4) is 0 Å². The Balaban J connectivity index is 1.97. The second-order valence-electron chi connectivity index (χ2n) is 4.91. The zero-order valence-electron chi connectivity index (χ0n) is 11.5. The lowest BCUT2D eigenvalue weighted by atomic mass is 10.2. The summed E-state index contributed by atoms with van der Waals surface area (Å²) in [5, 5.41) is 4.14. The van der Waals surface area contributed by atoms with Crippen molar-refractivity contribution in [2.45, 2.75) is 19.9 Å². The van der Waals surface area contributed by atoms with E-state index in [1.807, 2.05) is 22.4 Å². The minimum atomic E-state index is -0.256. The molecule has 2 heterocycles. The van der Waals surface area contributed by atoms with E-state index in [4.69, 9.17) is 5.73 Å². The lowest BCUT2D eigenvalue weighted by Crippen LogP contribution is -2.08. The van der Waals surface area contributed by atoms with Crippen molar-refractivity contribution in [3.05, 3.63) is 41.5 Å². The Kier molecular flexibility index (Phi) is 2.93. The molecule has 3 rings (SSSR count). The van der Waals surface area contributed by atoms with E-state index in [2.05, 4.69) is 10.1 Å². The molecular weight excluding hydrogens is 257 g/mol. The molecule has 0 saturated carbocycles. The van der Waals surface area contributed by atoms with E-state index in [1.165, 1.54) is 6.07 Å². The molecule has 104 valence electrons. The van der Waals surface area contributed by atoms with Gasteiger partial charge in [-0.25, -0.2) is 9.37 Å². The van der Waals surface area contributed by atoms with Gasteiger partial charge in [-0.1, -0.05) is 0 Å². The summed E-state index contributed by atoms with van der Waals surface area (Å²) in [6.07, 6.45) is 2.56. The maximum atomic E-state index is 13.5. The van der Waals surface area contributed by atoms with Crippen LogP contribution in [0.15, 0.2) is 24.4 Å². The number of aryl methyl sites for hydroxylation is 4. The predicted molar refractivity (Wildman–Crippen MR) is 75.8 cm³/mol. The Bertz CT molecular complexity index is 771. The molecule has 0 aliphatic carbocycles. The Morgan fingerprint density at radius 1 is 1.35 bits per heavy atom. The molecule has 0 saturated heterocycles. The highest BCUT2D eigenvalue weighted by Crippen LogP contribution is 2.22. The fourth-order valence-electron chi connectivity index (χ4n) is 2.38. The quantitative estimate of drug-likeness (QED) is 0.794. The van der Waals surface area contributed by atoms with E-state index >= 15 is 0 Å². The molecule has 0 unspecified atom stereocenters. The molecule has 0 fully saturated rings. The summed E-state index contributed by atoms with van der Waals surface area (Å²) < 4.78 is 17.3. The van der Waals surface area contributed by atoms with Crippen LogP contribution in [0.5, 0.6) is 0 Å². The molecule has 0 amide bonds. The first-order valence-electron chi connectivity index (χ1n) is 6.45. The number of hydrogen-bond donors (Lipinski definition) is 1. The molecule has 5 nitrogen and oxygen atoms in total. The van der Waals surface area contributed by atoms with Gasteiger partial charge in [-0.3, -0.25) is 4.68 Å². The van der Waals surface area contributed by atoms with Crippen LogP contribution in [0.4, 0.5) is 10.3 Å². The number of nitrogens with zero attached hydrogens (tertiary/aromatic N) is 4. The molecular formula is C14H16FN5. The highest BCUT2D eigenvalue weighted by atomic mass is 19.1. The second kappa shape index (κ2) is 4.63. The van der Waals surface area contributed by atoms with E-state index in [1.54, 1.807) is 19.2 Å². The third-order valence-corrected chi connectivity index (χ3v) is 3.57. The van der Waals surface area contributed by atoms with Crippen LogP contribution in [0.1, 0.15) is 11.3 Å². The molecule has 0 atom stereocenters. The topological polar surface area (TPSA) is 61.7 Å². The van der Waals surface area contributed by atoms with Crippen LogP contribution >= 0.6 is 0 Å². The Hall–Kier alpha value is -2.37. The molecule has 2 N–H and O–H groups in total. The number of halogens is 1. The summed E-state index contributed by atoms with van der Waals surface area (Å²) in [6, 6.07) is 5.19. The fourth-order valence-corrected chi connectivity index (χ4v) is 2.38. The van der Waals surface area contributed by atoms with Crippen molar-refractivity contribution in [3.8, 4) is 0 Å². The number of imidazole rings is 1. The van der Waals surface area contributed by atoms with Gasteiger partial charge in [0.1, 0.15) is 5.82 Å².